The van der Waals surface area contributed by atoms with Crippen LogP contribution >= 0.6 is 0 Å². The number of hydrogen-bond donors (Lipinski definition) is 0. The number of unbranched alkanes of at least 4 members (excludes halogenated alkanes) is 36. The largest absolute Gasteiger partial charge is 0.381 e. The second kappa shape index (κ2) is 53.3. The van der Waals surface area contributed by atoms with Crippen molar-refractivity contribution in [3.8, 4) is 0 Å². The molecule has 0 aliphatic carbocycles. The van der Waals surface area contributed by atoms with E-state index in [-0.39, 0.29) is 0 Å². The lowest BCUT2D eigenvalue weighted by molar-refractivity contribution is 0.125. The summed E-state index contributed by atoms with van der Waals surface area (Å²) >= 11 is 0. The van der Waals surface area contributed by atoms with E-state index in [0.717, 1.165) is 26.4 Å². The van der Waals surface area contributed by atoms with Crippen molar-refractivity contribution in [3.63, 3.8) is 0 Å². The van der Waals surface area contributed by atoms with Gasteiger partial charge in [-0.25, -0.2) is 0 Å². The summed E-state index contributed by atoms with van der Waals surface area (Å²) in [6.45, 7) is 13.1. The Balaban J connectivity index is 0. The molecule has 0 saturated heterocycles. The van der Waals surface area contributed by atoms with Gasteiger partial charge in [0.15, 0.2) is 0 Å². The van der Waals surface area contributed by atoms with Crippen molar-refractivity contribution in [2.24, 2.45) is 0 Å². The molecule has 0 bridgehead atoms. The zero-order chi connectivity index (χ0) is 36.5. The van der Waals surface area contributed by atoms with Crippen molar-refractivity contribution in [1.29, 1.82) is 0 Å². The van der Waals surface area contributed by atoms with Crippen LogP contribution in [0.5, 0.6) is 0 Å². The summed E-state index contributed by atoms with van der Waals surface area (Å²) < 4.78 is 11.6. The third-order valence-corrected chi connectivity index (χ3v) is 10.6. The van der Waals surface area contributed by atoms with Crippen molar-refractivity contribution in [2.75, 3.05) is 26.4 Å². The molecule has 0 saturated carbocycles. The first-order valence-corrected chi connectivity index (χ1v) is 24.0. The normalized spacial score (nSPS) is 11.3. The van der Waals surface area contributed by atoms with Gasteiger partial charge in [0, 0.05) is 26.4 Å². The summed E-state index contributed by atoms with van der Waals surface area (Å²) in [5, 5.41) is 0. The van der Waals surface area contributed by atoms with Gasteiger partial charge in [0.05, 0.1) is 0 Å². The quantitative estimate of drug-likeness (QED) is 0.0587. The predicted molar refractivity (Wildman–Crippen MR) is 229 cm³/mol. The Morgan fingerprint density at radius 2 is 0.280 bits per heavy atom. The minimum atomic E-state index is 0.994. The van der Waals surface area contributed by atoms with Gasteiger partial charge in [-0.05, 0) is 25.7 Å². The average Bonchev–Trinajstić information content (AvgIpc) is 3.13. The van der Waals surface area contributed by atoms with Gasteiger partial charge in [-0.2, -0.15) is 0 Å². The lowest BCUT2D eigenvalue weighted by Crippen LogP contribution is -1.97. The molecule has 0 N–H and O–H groups in total. The monoisotopic (exact) mass is 709 g/mol. The molecular formula is C48H100O2. The van der Waals surface area contributed by atoms with Crippen molar-refractivity contribution < 1.29 is 9.47 Å². The van der Waals surface area contributed by atoms with Crippen LogP contribution in [0.4, 0.5) is 0 Å². The lowest BCUT2D eigenvalue weighted by atomic mass is 10.1. The van der Waals surface area contributed by atoms with Crippen LogP contribution in [0.2, 0.25) is 0 Å². The van der Waals surface area contributed by atoms with E-state index in [1.807, 2.05) is 0 Å². The SMILES string of the molecule is CCCCCCCCCCCCOCCCCCCCCCCCC.CCCCCCCCCCCCOCCCCCCCCCCCC. The summed E-state index contributed by atoms with van der Waals surface area (Å²) in [5.74, 6) is 0. The van der Waals surface area contributed by atoms with E-state index >= 15 is 0 Å². The van der Waals surface area contributed by atoms with Gasteiger partial charge < -0.3 is 9.47 Å². The van der Waals surface area contributed by atoms with E-state index in [1.165, 1.54) is 257 Å². The van der Waals surface area contributed by atoms with E-state index in [1.54, 1.807) is 0 Å². The molecule has 0 heterocycles. The molecular weight excluding hydrogens is 609 g/mol. The molecule has 0 aromatic heterocycles. The zero-order valence-corrected chi connectivity index (χ0v) is 35.9. The topological polar surface area (TPSA) is 18.5 Å². The van der Waals surface area contributed by atoms with Gasteiger partial charge in [0.2, 0.25) is 0 Å². The number of hydrogen-bond acceptors (Lipinski definition) is 2. The summed E-state index contributed by atoms with van der Waals surface area (Å²) in [5.41, 5.74) is 0. The summed E-state index contributed by atoms with van der Waals surface area (Å²) in [4.78, 5) is 0. The van der Waals surface area contributed by atoms with Crippen LogP contribution in [0.15, 0.2) is 0 Å². The third kappa shape index (κ3) is 54.7. The molecule has 50 heavy (non-hydrogen) atoms. The number of rotatable bonds is 44. The molecule has 0 amide bonds. The van der Waals surface area contributed by atoms with E-state index in [9.17, 15) is 0 Å². The van der Waals surface area contributed by atoms with Crippen LogP contribution in [0.25, 0.3) is 0 Å². The molecule has 0 atom stereocenters. The molecule has 2 nitrogen and oxygen atoms in total. The Labute approximate surface area is 319 Å². The Kier molecular flexibility index (Phi) is 55.4. The maximum Gasteiger partial charge on any atom is 0.0466 e. The van der Waals surface area contributed by atoms with Crippen LogP contribution in [0.3, 0.4) is 0 Å². The van der Waals surface area contributed by atoms with E-state index in [4.69, 9.17) is 9.47 Å². The van der Waals surface area contributed by atoms with Gasteiger partial charge in [-0.1, -0.05) is 259 Å². The van der Waals surface area contributed by atoms with Crippen molar-refractivity contribution in [2.45, 2.75) is 285 Å². The molecule has 0 unspecified atom stereocenters. The van der Waals surface area contributed by atoms with Crippen LogP contribution in [-0.2, 0) is 9.47 Å². The Hall–Kier alpha value is -0.0800. The first-order chi connectivity index (χ1) is 24.8. The average molecular weight is 709 g/mol. The maximum absolute atomic E-state index is 5.78. The first-order valence-electron chi connectivity index (χ1n) is 24.0. The van der Waals surface area contributed by atoms with Crippen LogP contribution in [0.1, 0.15) is 285 Å². The highest BCUT2D eigenvalue weighted by molar-refractivity contribution is 4.51. The number of ether oxygens (including phenoxy) is 2. The van der Waals surface area contributed by atoms with Gasteiger partial charge in [0.1, 0.15) is 0 Å². The first kappa shape index (κ1) is 52.0. The fourth-order valence-corrected chi connectivity index (χ4v) is 6.97. The molecule has 0 fully saturated rings. The van der Waals surface area contributed by atoms with E-state index in [0.29, 0.717) is 0 Å². The van der Waals surface area contributed by atoms with Gasteiger partial charge >= 0.3 is 0 Å². The third-order valence-electron chi connectivity index (χ3n) is 10.6. The fourth-order valence-electron chi connectivity index (χ4n) is 6.97. The van der Waals surface area contributed by atoms with E-state index < -0.39 is 0 Å². The van der Waals surface area contributed by atoms with E-state index in [2.05, 4.69) is 27.7 Å². The molecule has 0 aliphatic rings. The van der Waals surface area contributed by atoms with Gasteiger partial charge in [0.25, 0.3) is 0 Å². The highest BCUT2D eigenvalue weighted by Gasteiger charge is 1.97. The molecule has 0 aliphatic heterocycles. The van der Waals surface area contributed by atoms with Crippen molar-refractivity contribution in [1.82, 2.24) is 0 Å². The molecule has 0 spiro atoms. The van der Waals surface area contributed by atoms with Crippen molar-refractivity contribution in [3.05, 3.63) is 0 Å². The molecule has 0 aromatic rings. The van der Waals surface area contributed by atoms with Crippen molar-refractivity contribution >= 4 is 0 Å². The summed E-state index contributed by atoms with van der Waals surface area (Å²) in [6, 6.07) is 0. The lowest BCUT2D eigenvalue weighted by Gasteiger charge is -2.05. The fraction of sp³-hybridized carbons (Fsp3) is 1.00. The summed E-state index contributed by atoms with van der Waals surface area (Å²) in [6.07, 6.45) is 56.3. The molecule has 0 aromatic carbocycles. The maximum atomic E-state index is 5.78. The van der Waals surface area contributed by atoms with Crippen LogP contribution in [0, 0.1) is 0 Å². The Morgan fingerprint density at radius 1 is 0.160 bits per heavy atom. The molecule has 304 valence electrons. The van der Waals surface area contributed by atoms with Gasteiger partial charge in [-0.3, -0.25) is 0 Å². The Bertz CT molecular complexity index is 430. The molecule has 2 heteroatoms. The molecule has 0 radical (unpaired) electrons. The highest BCUT2D eigenvalue weighted by Crippen LogP contribution is 2.14. The predicted octanol–water partition coefficient (Wildman–Crippen LogP) is 17.7. The highest BCUT2D eigenvalue weighted by atomic mass is 16.5. The molecule has 0 rings (SSSR count). The second-order valence-electron chi connectivity index (χ2n) is 16.0. The smallest absolute Gasteiger partial charge is 0.0466 e. The van der Waals surface area contributed by atoms with Gasteiger partial charge in [-0.15, -0.1) is 0 Å². The zero-order valence-electron chi connectivity index (χ0n) is 35.9. The standard InChI is InChI=1S/2C24H50O/c2*1-3-5-7-9-11-13-15-17-19-21-23-25-24-22-20-18-16-14-12-10-8-6-4-2/h2*3-24H2,1-2H3. The minimum absolute atomic E-state index is 0.994. The minimum Gasteiger partial charge on any atom is -0.381 e. The second-order valence-corrected chi connectivity index (χ2v) is 16.0. The van der Waals surface area contributed by atoms with Crippen LogP contribution in [-0.4, -0.2) is 26.4 Å². The van der Waals surface area contributed by atoms with Crippen LogP contribution < -0.4 is 0 Å². The Morgan fingerprint density at radius 3 is 0.420 bits per heavy atom. The summed E-state index contributed by atoms with van der Waals surface area (Å²) in [7, 11) is 0.